The van der Waals surface area contributed by atoms with E-state index in [0.29, 0.717) is 0 Å². The molecule has 2 rings (SSSR count). The van der Waals surface area contributed by atoms with E-state index >= 15 is 0 Å². The third-order valence-electron chi connectivity index (χ3n) is 2.71. The number of nitrogens with zero attached hydrogens (tertiary/aromatic N) is 1. The molecular weight excluding hydrogens is 136 g/mol. The van der Waals surface area contributed by atoms with Crippen LogP contribution >= 0.6 is 0 Å². The summed E-state index contributed by atoms with van der Waals surface area (Å²) in [6.45, 7) is 5.84. The maximum absolute atomic E-state index is 3.40. The summed E-state index contributed by atoms with van der Waals surface area (Å²) in [5, 5.41) is 3.40. The number of rotatable bonds is 1. The van der Waals surface area contributed by atoms with Gasteiger partial charge in [-0.05, 0) is 13.3 Å². The highest BCUT2D eigenvalue weighted by atomic mass is 15.2. The molecule has 2 atom stereocenters. The van der Waals surface area contributed by atoms with Crippen LogP contribution in [0.15, 0.2) is 12.2 Å². The number of hydrogen-bond donors (Lipinski definition) is 1. The highest BCUT2D eigenvalue weighted by Crippen LogP contribution is 2.19. The minimum Gasteiger partial charge on any atom is -0.314 e. The van der Waals surface area contributed by atoms with Gasteiger partial charge in [0, 0.05) is 31.7 Å². The summed E-state index contributed by atoms with van der Waals surface area (Å²) >= 11 is 0. The molecule has 0 aromatic rings. The second-order valence-electron chi connectivity index (χ2n) is 3.52. The van der Waals surface area contributed by atoms with Gasteiger partial charge < -0.3 is 5.32 Å². The van der Waals surface area contributed by atoms with Crippen LogP contribution in [-0.4, -0.2) is 36.6 Å². The van der Waals surface area contributed by atoms with Gasteiger partial charge in [-0.25, -0.2) is 0 Å². The Morgan fingerprint density at radius 2 is 2.36 bits per heavy atom. The van der Waals surface area contributed by atoms with Crippen LogP contribution in [0.2, 0.25) is 0 Å². The number of hydrogen-bond acceptors (Lipinski definition) is 2. The molecular formula is C9H16N2. The number of nitrogens with one attached hydrogen (secondary N) is 1. The molecule has 11 heavy (non-hydrogen) atoms. The van der Waals surface area contributed by atoms with E-state index in [1.807, 2.05) is 0 Å². The lowest BCUT2D eigenvalue weighted by molar-refractivity contribution is 0.133. The van der Waals surface area contributed by atoms with Crippen molar-refractivity contribution in [3.63, 3.8) is 0 Å². The molecule has 1 aliphatic carbocycles. The standard InChI is InChI=1S/C9H16N2/c1-8-7-10-5-6-11(8)9-3-2-4-9/h2-3,8-10H,4-7H2,1H3. The van der Waals surface area contributed by atoms with Crippen LogP contribution in [0.4, 0.5) is 0 Å². The molecule has 0 bridgehead atoms. The number of piperazine rings is 1. The smallest absolute Gasteiger partial charge is 0.0316 e. The Morgan fingerprint density at radius 1 is 1.55 bits per heavy atom. The lowest BCUT2D eigenvalue weighted by atomic mass is 9.99. The van der Waals surface area contributed by atoms with E-state index in [1.165, 1.54) is 13.0 Å². The van der Waals surface area contributed by atoms with Gasteiger partial charge in [0.25, 0.3) is 0 Å². The second-order valence-corrected chi connectivity index (χ2v) is 3.52. The van der Waals surface area contributed by atoms with E-state index in [0.717, 1.165) is 25.2 Å². The molecule has 1 aliphatic heterocycles. The van der Waals surface area contributed by atoms with Gasteiger partial charge in [0.15, 0.2) is 0 Å². The monoisotopic (exact) mass is 152 g/mol. The fraction of sp³-hybridized carbons (Fsp3) is 0.778. The average Bonchev–Trinajstić information content (AvgIpc) is 1.90. The van der Waals surface area contributed by atoms with Crippen molar-refractivity contribution in [3.8, 4) is 0 Å². The average molecular weight is 152 g/mol. The highest BCUT2D eigenvalue weighted by Gasteiger charge is 2.25. The molecule has 1 saturated heterocycles. The lowest BCUT2D eigenvalue weighted by Crippen LogP contribution is -2.54. The largest absolute Gasteiger partial charge is 0.314 e. The molecule has 0 spiro atoms. The maximum atomic E-state index is 3.40. The van der Waals surface area contributed by atoms with Crippen LogP contribution < -0.4 is 5.32 Å². The normalized spacial score (nSPS) is 38.6. The zero-order valence-electron chi connectivity index (χ0n) is 7.09. The van der Waals surface area contributed by atoms with Crippen molar-refractivity contribution in [1.82, 2.24) is 10.2 Å². The first kappa shape index (κ1) is 7.32. The van der Waals surface area contributed by atoms with Crippen molar-refractivity contribution in [2.24, 2.45) is 0 Å². The van der Waals surface area contributed by atoms with Gasteiger partial charge >= 0.3 is 0 Å². The van der Waals surface area contributed by atoms with E-state index in [-0.39, 0.29) is 0 Å². The molecule has 2 nitrogen and oxygen atoms in total. The minimum atomic E-state index is 0.721. The van der Waals surface area contributed by atoms with E-state index in [1.54, 1.807) is 0 Å². The Kier molecular flexibility index (Phi) is 1.96. The van der Waals surface area contributed by atoms with Crippen LogP contribution in [-0.2, 0) is 0 Å². The van der Waals surface area contributed by atoms with Crippen LogP contribution in [0.5, 0.6) is 0 Å². The van der Waals surface area contributed by atoms with Crippen LogP contribution in [0.1, 0.15) is 13.3 Å². The molecule has 0 radical (unpaired) electrons. The molecule has 0 aromatic carbocycles. The summed E-state index contributed by atoms with van der Waals surface area (Å²) in [5.74, 6) is 0. The van der Waals surface area contributed by atoms with Crippen LogP contribution in [0.3, 0.4) is 0 Å². The van der Waals surface area contributed by atoms with Crippen LogP contribution in [0, 0.1) is 0 Å². The van der Waals surface area contributed by atoms with Crippen molar-refractivity contribution in [2.75, 3.05) is 19.6 Å². The van der Waals surface area contributed by atoms with Gasteiger partial charge in [-0.3, -0.25) is 4.90 Å². The Morgan fingerprint density at radius 3 is 2.91 bits per heavy atom. The summed E-state index contributed by atoms with van der Waals surface area (Å²) in [7, 11) is 0. The van der Waals surface area contributed by atoms with Gasteiger partial charge in [-0.1, -0.05) is 12.2 Å². The molecule has 0 amide bonds. The Balaban J connectivity index is 1.94. The fourth-order valence-corrected chi connectivity index (χ4v) is 1.85. The van der Waals surface area contributed by atoms with Gasteiger partial charge in [0.2, 0.25) is 0 Å². The molecule has 1 heterocycles. The predicted octanol–water partition coefficient (Wildman–Crippen LogP) is 0.609. The van der Waals surface area contributed by atoms with Crippen molar-refractivity contribution >= 4 is 0 Å². The molecule has 1 fully saturated rings. The third-order valence-corrected chi connectivity index (χ3v) is 2.71. The lowest BCUT2D eigenvalue weighted by Gasteiger charge is -2.40. The van der Waals surface area contributed by atoms with E-state index in [2.05, 4.69) is 29.3 Å². The molecule has 1 N–H and O–H groups in total. The third kappa shape index (κ3) is 1.33. The van der Waals surface area contributed by atoms with Crippen LogP contribution in [0.25, 0.3) is 0 Å². The van der Waals surface area contributed by atoms with E-state index < -0.39 is 0 Å². The van der Waals surface area contributed by atoms with E-state index in [4.69, 9.17) is 0 Å². The van der Waals surface area contributed by atoms with Crippen molar-refractivity contribution in [2.45, 2.75) is 25.4 Å². The summed E-state index contributed by atoms with van der Waals surface area (Å²) < 4.78 is 0. The molecule has 2 unspecified atom stereocenters. The van der Waals surface area contributed by atoms with Crippen molar-refractivity contribution in [3.05, 3.63) is 12.2 Å². The Labute approximate surface area is 68.3 Å². The van der Waals surface area contributed by atoms with E-state index in [9.17, 15) is 0 Å². The van der Waals surface area contributed by atoms with Gasteiger partial charge in [0.05, 0.1) is 0 Å². The minimum absolute atomic E-state index is 0.721. The van der Waals surface area contributed by atoms with Gasteiger partial charge in [0.1, 0.15) is 0 Å². The van der Waals surface area contributed by atoms with Gasteiger partial charge in [-0.2, -0.15) is 0 Å². The summed E-state index contributed by atoms with van der Waals surface area (Å²) in [6, 6.07) is 1.48. The fourth-order valence-electron chi connectivity index (χ4n) is 1.85. The first-order valence-corrected chi connectivity index (χ1v) is 4.51. The predicted molar refractivity (Wildman–Crippen MR) is 46.6 cm³/mol. The Bertz CT molecular complexity index is 165. The second kappa shape index (κ2) is 2.95. The molecule has 0 aromatic heterocycles. The molecule has 2 heteroatoms. The van der Waals surface area contributed by atoms with Crippen molar-refractivity contribution < 1.29 is 0 Å². The zero-order chi connectivity index (χ0) is 7.68. The summed E-state index contributed by atoms with van der Waals surface area (Å²) in [6.07, 6.45) is 5.85. The highest BCUT2D eigenvalue weighted by molar-refractivity contribution is 5.09. The summed E-state index contributed by atoms with van der Waals surface area (Å²) in [5.41, 5.74) is 0. The SMILES string of the molecule is CC1CNCCN1C1C=CC1. The molecule has 2 aliphatic rings. The maximum Gasteiger partial charge on any atom is 0.0316 e. The Hall–Kier alpha value is -0.340. The topological polar surface area (TPSA) is 15.3 Å². The first-order chi connectivity index (χ1) is 5.38. The van der Waals surface area contributed by atoms with Crippen molar-refractivity contribution in [1.29, 1.82) is 0 Å². The zero-order valence-corrected chi connectivity index (χ0v) is 7.09. The molecule has 62 valence electrons. The summed E-state index contributed by atoms with van der Waals surface area (Å²) in [4.78, 5) is 2.59. The first-order valence-electron chi connectivity index (χ1n) is 4.51. The van der Waals surface area contributed by atoms with Gasteiger partial charge in [-0.15, -0.1) is 0 Å². The quantitative estimate of drug-likeness (QED) is 0.554. The molecule has 0 saturated carbocycles.